The summed E-state index contributed by atoms with van der Waals surface area (Å²) in [6, 6.07) is 23.3. The van der Waals surface area contributed by atoms with Gasteiger partial charge < -0.3 is 4.74 Å². The van der Waals surface area contributed by atoms with Crippen molar-refractivity contribution in [2.75, 3.05) is 6.61 Å². The first-order valence-corrected chi connectivity index (χ1v) is 9.35. The Hall–Kier alpha value is -3.93. The molecule has 0 atom stereocenters. The van der Waals surface area contributed by atoms with Crippen molar-refractivity contribution < 1.29 is 9.53 Å². The summed E-state index contributed by atoms with van der Waals surface area (Å²) in [5.41, 5.74) is 5.32. The van der Waals surface area contributed by atoms with E-state index in [0.717, 1.165) is 21.9 Å². The van der Waals surface area contributed by atoms with Crippen LogP contribution in [-0.4, -0.2) is 28.9 Å². The molecule has 0 aliphatic carbocycles. The van der Waals surface area contributed by atoms with Crippen LogP contribution in [0.25, 0.3) is 22.0 Å². The highest BCUT2D eigenvalue weighted by atomic mass is 16.5. The number of para-hydroxylation sites is 1. The van der Waals surface area contributed by atoms with E-state index >= 15 is 0 Å². The second kappa shape index (κ2) is 8.39. The van der Waals surface area contributed by atoms with Gasteiger partial charge >= 0.3 is 0 Å². The fourth-order valence-electron chi connectivity index (χ4n) is 3.12. The zero-order chi connectivity index (χ0) is 20.1. The number of rotatable bonds is 6. The quantitative estimate of drug-likeness (QED) is 0.382. The molecule has 6 heteroatoms. The minimum atomic E-state index is -0.367. The second-order valence-corrected chi connectivity index (χ2v) is 6.36. The largest absolute Gasteiger partial charge is 0.493 e. The predicted molar refractivity (Wildman–Crippen MR) is 114 cm³/mol. The summed E-state index contributed by atoms with van der Waals surface area (Å²) in [5, 5.41) is 13.3. The lowest BCUT2D eigenvalue weighted by atomic mass is 10.0. The van der Waals surface area contributed by atoms with Crippen molar-refractivity contribution in [3.05, 3.63) is 84.1 Å². The van der Waals surface area contributed by atoms with Crippen molar-refractivity contribution in [2.45, 2.75) is 6.92 Å². The van der Waals surface area contributed by atoms with Crippen LogP contribution in [0.1, 0.15) is 23.0 Å². The molecule has 4 aromatic rings. The number of ether oxygens (including phenoxy) is 1. The normalized spacial score (nSPS) is 11.1. The van der Waals surface area contributed by atoms with Crippen molar-refractivity contribution >= 4 is 22.9 Å². The van der Waals surface area contributed by atoms with Gasteiger partial charge in [0.15, 0.2) is 0 Å². The van der Waals surface area contributed by atoms with Crippen molar-refractivity contribution in [3.8, 4) is 17.0 Å². The molecule has 1 heterocycles. The third kappa shape index (κ3) is 4.01. The maximum absolute atomic E-state index is 12.4. The zero-order valence-electron chi connectivity index (χ0n) is 15.9. The molecule has 4 rings (SSSR count). The number of aromatic amines is 1. The number of hydrogen-bond donors (Lipinski definition) is 2. The summed E-state index contributed by atoms with van der Waals surface area (Å²) in [6.07, 6.45) is 1.56. The lowest BCUT2D eigenvalue weighted by Gasteiger charge is -2.05. The summed E-state index contributed by atoms with van der Waals surface area (Å²) < 4.78 is 5.55. The molecule has 1 aromatic heterocycles. The van der Waals surface area contributed by atoms with Gasteiger partial charge in [0.2, 0.25) is 0 Å². The minimum Gasteiger partial charge on any atom is -0.493 e. The van der Waals surface area contributed by atoms with E-state index in [9.17, 15) is 4.79 Å². The SMILES string of the molecule is CCOc1ccccc1/C=N\NC(=O)c1cc(-c2cccc3ccccc23)n[nH]1. The molecule has 0 aliphatic rings. The third-order valence-electron chi connectivity index (χ3n) is 4.48. The van der Waals surface area contributed by atoms with E-state index < -0.39 is 0 Å². The van der Waals surface area contributed by atoms with Crippen molar-refractivity contribution in [3.63, 3.8) is 0 Å². The van der Waals surface area contributed by atoms with Gasteiger partial charge in [-0.15, -0.1) is 0 Å². The molecule has 0 radical (unpaired) electrons. The third-order valence-corrected chi connectivity index (χ3v) is 4.48. The summed E-state index contributed by atoms with van der Waals surface area (Å²) in [7, 11) is 0. The topological polar surface area (TPSA) is 79.4 Å². The first kappa shape index (κ1) is 18.4. The molecule has 144 valence electrons. The van der Waals surface area contributed by atoms with E-state index in [1.54, 1.807) is 12.3 Å². The molecule has 0 bridgehead atoms. The Morgan fingerprint density at radius 2 is 1.90 bits per heavy atom. The van der Waals surface area contributed by atoms with Crippen LogP contribution in [0.15, 0.2) is 77.9 Å². The monoisotopic (exact) mass is 384 g/mol. The first-order chi connectivity index (χ1) is 14.3. The van der Waals surface area contributed by atoms with Crippen LogP contribution in [0.5, 0.6) is 5.75 Å². The van der Waals surface area contributed by atoms with Gasteiger partial charge in [0.25, 0.3) is 5.91 Å². The van der Waals surface area contributed by atoms with Crippen molar-refractivity contribution in [2.24, 2.45) is 5.10 Å². The fourth-order valence-corrected chi connectivity index (χ4v) is 3.12. The van der Waals surface area contributed by atoms with Gasteiger partial charge in [-0.05, 0) is 35.9 Å². The molecule has 29 heavy (non-hydrogen) atoms. The Morgan fingerprint density at radius 1 is 1.10 bits per heavy atom. The standard InChI is InChI=1S/C23H20N4O2/c1-2-29-22-13-6-4-9-17(22)15-24-27-23(28)21-14-20(25-26-21)19-12-7-10-16-8-3-5-11-18(16)19/h3-15H,2H2,1H3,(H,25,26)(H,27,28)/b24-15-. The van der Waals surface area contributed by atoms with Crippen LogP contribution in [0, 0.1) is 0 Å². The lowest BCUT2D eigenvalue weighted by molar-refractivity contribution is 0.0950. The number of carbonyl (C=O) groups is 1. The Kier molecular flexibility index (Phi) is 5.33. The summed E-state index contributed by atoms with van der Waals surface area (Å²) in [4.78, 5) is 12.4. The number of nitrogens with zero attached hydrogens (tertiary/aromatic N) is 2. The summed E-state index contributed by atoms with van der Waals surface area (Å²) in [5.74, 6) is 0.349. The van der Waals surface area contributed by atoms with Gasteiger partial charge in [0.05, 0.1) is 18.5 Å². The molecule has 0 saturated heterocycles. The smallest absolute Gasteiger partial charge is 0.289 e. The molecule has 2 N–H and O–H groups in total. The van der Waals surface area contributed by atoms with Crippen molar-refractivity contribution in [1.29, 1.82) is 0 Å². The predicted octanol–water partition coefficient (Wildman–Crippen LogP) is 4.39. The van der Waals surface area contributed by atoms with E-state index in [1.165, 1.54) is 0 Å². The number of H-pyrrole nitrogens is 1. The van der Waals surface area contributed by atoms with E-state index in [0.29, 0.717) is 23.7 Å². The van der Waals surface area contributed by atoms with Crippen molar-refractivity contribution in [1.82, 2.24) is 15.6 Å². The number of fused-ring (bicyclic) bond motifs is 1. The number of hydrogen-bond acceptors (Lipinski definition) is 4. The van der Waals surface area contributed by atoms with Gasteiger partial charge in [-0.25, -0.2) is 5.43 Å². The van der Waals surface area contributed by atoms with Gasteiger partial charge in [-0.3, -0.25) is 9.89 Å². The van der Waals surface area contributed by atoms with E-state index in [2.05, 4.69) is 20.7 Å². The summed E-state index contributed by atoms with van der Waals surface area (Å²) in [6.45, 7) is 2.48. The second-order valence-electron chi connectivity index (χ2n) is 6.36. The molecule has 0 saturated carbocycles. The number of benzene rings is 3. The molecule has 0 fully saturated rings. The zero-order valence-corrected chi connectivity index (χ0v) is 15.9. The highest BCUT2D eigenvalue weighted by Crippen LogP contribution is 2.27. The van der Waals surface area contributed by atoms with Crippen LogP contribution in [0.3, 0.4) is 0 Å². The number of carbonyl (C=O) groups excluding carboxylic acids is 1. The first-order valence-electron chi connectivity index (χ1n) is 9.35. The molecule has 0 aliphatic heterocycles. The molecule has 3 aromatic carbocycles. The number of aromatic nitrogens is 2. The van der Waals surface area contributed by atoms with Gasteiger partial charge in [-0.1, -0.05) is 54.6 Å². The van der Waals surface area contributed by atoms with Gasteiger partial charge in [-0.2, -0.15) is 10.2 Å². The average Bonchev–Trinajstić information content (AvgIpc) is 3.25. The van der Waals surface area contributed by atoms with Crippen LogP contribution >= 0.6 is 0 Å². The molecule has 0 spiro atoms. The maximum Gasteiger partial charge on any atom is 0.289 e. The van der Waals surface area contributed by atoms with E-state index in [4.69, 9.17) is 4.74 Å². The molecular formula is C23H20N4O2. The summed E-state index contributed by atoms with van der Waals surface area (Å²) >= 11 is 0. The Balaban J connectivity index is 1.51. The maximum atomic E-state index is 12.4. The van der Waals surface area contributed by atoms with E-state index in [-0.39, 0.29) is 5.91 Å². The number of amides is 1. The lowest BCUT2D eigenvalue weighted by Crippen LogP contribution is -2.18. The Labute approximate surface area is 168 Å². The Morgan fingerprint density at radius 3 is 2.79 bits per heavy atom. The average molecular weight is 384 g/mol. The molecule has 0 unspecified atom stereocenters. The van der Waals surface area contributed by atoms with Crippen LogP contribution < -0.4 is 10.2 Å². The van der Waals surface area contributed by atoms with Crippen LogP contribution in [0.2, 0.25) is 0 Å². The number of hydrazone groups is 1. The van der Waals surface area contributed by atoms with Crippen LogP contribution in [0.4, 0.5) is 0 Å². The molecular weight excluding hydrogens is 364 g/mol. The van der Waals surface area contributed by atoms with Crippen LogP contribution in [-0.2, 0) is 0 Å². The highest BCUT2D eigenvalue weighted by Gasteiger charge is 2.12. The van der Waals surface area contributed by atoms with E-state index in [1.807, 2.05) is 73.7 Å². The molecule has 1 amide bonds. The fraction of sp³-hybridized carbons (Fsp3) is 0.0870. The highest BCUT2D eigenvalue weighted by molar-refractivity contribution is 5.98. The Bertz CT molecular complexity index is 1170. The van der Waals surface area contributed by atoms with Gasteiger partial charge in [0, 0.05) is 11.1 Å². The number of nitrogens with one attached hydrogen (secondary N) is 2. The van der Waals surface area contributed by atoms with Gasteiger partial charge in [0.1, 0.15) is 11.4 Å². The minimum absolute atomic E-state index is 0.336. The molecule has 6 nitrogen and oxygen atoms in total.